The zero-order chi connectivity index (χ0) is 28.3. The molecule has 0 fully saturated rings. The lowest BCUT2D eigenvalue weighted by atomic mass is 10.0. The smallest absolute Gasteiger partial charge is 0.338 e. The van der Waals surface area contributed by atoms with Crippen LogP contribution in [0.15, 0.2) is 79.3 Å². The first-order valence-corrected chi connectivity index (χ1v) is 11.8. The average Bonchev–Trinajstić information content (AvgIpc) is 2.93. The van der Waals surface area contributed by atoms with Gasteiger partial charge in [0.05, 0.1) is 40.9 Å². The van der Waals surface area contributed by atoms with Gasteiger partial charge in [-0.3, -0.25) is 9.97 Å². The Labute approximate surface area is 223 Å². The van der Waals surface area contributed by atoms with Crippen LogP contribution in [0.3, 0.4) is 0 Å². The maximum Gasteiger partial charge on any atom is 0.433 e. The molecule has 0 bridgehead atoms. The molecular weight excluding hydrogens is 536 g/mol. The molecule has 2 N–H and O–H groups in total. The van der Waals surface area contributed by atoms with Gasteiger partial charge in [-0.25, -0.2) is 15.0 Å². The van der Waals surface area contributed by atoms with Crippen molar-refractivity contribution in [1.82, 2.24) is 30.2 Å². The van der Waals surface area contributed by atoms with Crippen LogP contribution in [0, 0.1) is 0 Å². The van der Waals surface area contributed by atoms with Gasteiger partial charge in [0.25, 0.3) is 0 Å². The van der Waals surface area contributed by atoms with Crippen LogP contribution in [0.4, 0.5) is 37.8 Å². The fraction of sp³-hybridized carbons (Fsp3) is 0.148. The molecule has 0 saturated heterocycles. The normalized spacial score (nSPS) is 12.1. The van der Waals surface area contributed by atoms with E-state index in [0.717, 1.165) is 24.0 Å². The van der Waals surface area contributed by atoms with Crippen LogP contribution in [0.2, 0.25) is 0 Å². The molecule has 0 aliphatic heterocycles. The minimum absolute atomic E-state index is 0.175. The van der Waals surface area contributed by atoms with Gasteiger partial charge in [0, 0.05) is 29.9 Å². The number of benzene rings is 1. The van der Waals surface area contributed by atoms with Crippen LogP contribution in [-0.2, 0) is 25.4 Å². The van der Waals surface area contributed by atoms with Crippen molar-refractivity contribution in [3.63, 3.8) is 0 Å². The number of pyridine rings is 3. The minimum atomic E-state index is -4.62. The number of aromatic nitrogens is 5. The van der Waals surface area contributed by atoms with Crippen LogP contribution < -0.4 is 10.6 Å². The first-order chi connectivity index (χ1) is 19.1. The van der Waals surface area contributed by atoms with Crippen LogP contribution in [0.25, 0.3) is 22.2 Å². The second-order valence-corrected chi connectivity index (χ2v) is 8.60. The number of alkyl halides is 6. The molecule has 0 aliphatic rings. The molecular formula is C27H19F6N7. The summed E-state index contributed by atoms with van der Waals surface area (Å²) in [5.41, 5.74) is -0.702. The Kier molecular flexibility index (Phi) is 7.30. The Morgan fingerprint density at radius 3 is 2.25 bits per heavy atom. The number of nitrogens with zero attached hydrogens (tertiary/aromatic N) is 5. The first-order valence-electron chi connectivity index (χ1n) is 11.8. The number of anilines is 2. The largest absolute Gasteiger partial charge is 0.433 e. The van der Waals surface area contributed by atoms with E-state index >= 15 is 0 Å². The van der Waals surface area contributed by atoms with Gasteiger partial charge in [0.1, 0.15) is 17.3 Å². The van der Waals surface area contributed by atoms with Crippen LogP contribution >= 0.6 is 0 Å². The van der Waals surface area contributed by atoms with Gasteiger partial charge in [-0.1, -0.05) is 12.1 Å². The maximum atomic E-state index is 13.6. The summed E-state index contributed by atoms with van der Waals surface area (Å²) in [6.07, 6.45) is -5.27. The van der Waals surface area contributed by atoms with E-state index < -0.39 is 23.6 Å². The van der Waals surface area contributed by atoms with Gasteiger partial charge in [0.2, 0.25) is 0 Å². The van der Waals surface area contributed by atoms with Gasteiger partial charge in [-0.05, 0) is 48.5 Å². The number of rotatable bonds is 7. The van der Waals surface area contributed by atoms with E-state index in [1.54, 1.807) is 12.3 Å². The molecule has 0 radical (unpaired) electrons. The molecule has 0 atom stereocenters. The molecule has 5 rings (SSSR count). The zero-order valence-corrected chi connectivity index (χ0v) is 20.4. The molecule has 1 aromatic carbocycles. The van der Waals surface area contributed by atoms with Crippen LogP contribution in [0.1, 0.15) is 22.8 Å². The van der Waals surface area contributed by atoms with Crippen molar-refractivity contribution < 1.29 is 26.3 Å². The molecule has 0 spiro atoms. The molecule has 40 heavy (non-hydrogen) atoms. The lowest BCUT2D eigenvalue weighted by Crippen LogP contribution is -2.16. The number of hydrogen-bond acceptors (Lipinski definition) is 7. The van der Waals surface area contributed by atoms with Crippen LogP contribution in [0.5, 0.6) is 0 Å². The SMILES string of the molecule is FC(F)(F)c1ccc(Nc2nc(CNCc3ccccn3)nc3cc(-c4ncccc4C(F)(F)F)ccc23)cn1. The minimum Gasteiger partial charge on any atom is -0.338 e. The van der Waals surface area contributed by atoms with Gasteiger partial charge in [-0.2, -0.15) is 26.3 Å². The van der Waals surface area contributed by atoms with E-state index in [4.69, 9.17) is 0 Å². The summed E-state index contributed by atoms with van der Waals surface area (Å²) in [7, 11) is 0. The first kappa shape index (κ1) is 26.9. The Morgan fingerprint density at radius 1 is 0.725 bits per heavy atom. The van der Waals surface area contributed by atoms with Crippen molar-refractivity contribution in [1.29, 1.82) is 0 Å². The van der Waals surface area contributed by atoms with Crippen molar-refractivity contribution in [3.8, 4) is 11.3 Å². The number of hydrogen-bond donors (Lipinski definition) is 2. The molecule has 4 aromatic heterocycles. The van der Waals surface area contributed by atoms with Crippen LogP contribution in [-0.4, -0.2) is 24.9 Å². The van der Waals surface area contributed by atoms with E-state index in [0.29, 0.717) is 23.3 Å². The highest BCUT2D eigenvalue weighted by molar-refractivity contribution is 5.93. The summed E-state index contributed by atoms with van der Waals surface area (Å²) < 4.78 is 79.7. The van der Waals surface area contributed by atoms with Gasteiger partial charge in [0.15, 0.2) is 0 Å². The molecule has 5 aromatic rings. The predicted molar refractivity (Wildman–Crippen MR) is 135 cm³/mol. The quantitative estimate of drug-likeness (QED) is 0.220. The number of fused-ring (bicyclic) bond motifs is 1. The maximum absolute atomic E-state index is 13.6. The summed E-state index contributed by atoms with van der Waals surface area (Å²) in [5, 5.41) is 6.54. The third-order valence-electron chi connectivity index (χ3n) is 5.76. The summed E-state index contributed by atoms with van der Waals surface area (Å²) in [6.45, 7) is 0.574. The van der Waals surface area contributed by atoms with Crippen molar-refractivity contribution >= 4 is 22.4 Å². The molecule has 0 unspecified atom stereocenters. The molecule has 0 amide bonds. The molecule has 204 valence electrons. The lowest BCUT2D eigenvalue weighted by molar-refractivity contribution is -0.141. The van der Waals surface area contributed by atoms with Crippen molar-refractivity contribution in [2.45, 2.75) is 25.4 Å². The molecule has 0 aliphatic carbocycles. The molecule has 7 nitrogen and oxygen atoms in total. The fourth-order valence-electron chi connectivity index (χ4n) is 3.94. The molecule has 4 heterocycles. The third-order valence-corrected chi connectivity index (χ3v) is 5.76. The Hall–Kier alpha value is -4.65. The van der Waals surface area contributed by atoms with Gasteiger partial charge >= 0.3 is 12.4 Å². The van der Waals surface area contributed by atoms with E-state index in [1.807, 2.05) is 12.1 Å². The van der Waals surface area contributed by atoms with E-state index in [-0.39, 0.29) is 29.3 Å². The highest BCUT2D eigenvalue weighted by Crippen LogP contribution is 2.37. The summed E-state index contributed by atoms with van der Waals surface area (Å²) in [4.78, 5) is 20.7. The second kappa shape index (κ2) is 10.8. The molecule has 0 saturated carbocycles. The summed E-state index contributed by atoms with van der Waals surface area (Å²) in [6, 6.07) is 14.1. The average molecular weight is 555 g/mol. The van der Waals surface area contributed by atoms with Gasteiger partial charge in [-0.15, -0.1) is 0 Å². The van der Waals surface area contributed by atoms with E-state index in [1.165, 1.54) is 36.5 Å². The topological polar surface area (TPSA) is 88.5 Å². The number of nitrogens with one attached hydrogen (secondary N) is 2. The fourth-order valence-corrected chi connectivity index (χ4v) is 3.94. The second-order valence-electron chi connectivity index (χ2n) is 8.60. The van der Waals surface area contributed by atoms with E-state index in [9.17, 15) is 26.3 Å². The van der Waals surface area contributed by atoms with Crippen molar-refractivity contribution in [3.05, 3.63) is 102 Å². The van der Waals surface area contributed by atoms with Gasteiger partial charge < -0.3 is 10.6 Å². The van der Waals surface area contributed by atoms with Crippen molar-refractivity contribution in [2.75, 3.05) is 5.32 Å². The van der Waals surface area contributed by atoms with E-state index in [2.05, 4.69) is 35.6 Å². The molecule has 13 heteroatoms. The zero-order valence-electron chi connectivity index (χ0n) is 20.4. The highest BCUT2D eigenvalue weighted by Gasteiger charge is 2.34. The van der Waals surface area contributed by atoms with Crippen molar-refractivity contribution in [2.24, 2.45) is 0 Å². The predicted octanol–water partition coefficient (Wildman–Crippen LogP) is 6.55. The highest BCUT2D eigenvalue weighted by atomic mass is 19.4. The monoisotopic (exact) mass is 555 g/mol. The summed E-state index contributed by atoms with van der Waals surface area (Å²) in [5.74, 6) is 0.532. The summed E-state index contributed by atoms with van der Waals surface area (Å²) >= 11 is 0. The Bertz CT molecular complexity index is 1620. The lowest BCUT2D eigenvalue weighted by Gasteiger charge is -2.14. The number of halogens is 6. The third kappa shape index (κ3) is 6.15. The standard InChI is InChI=1S/C27H19F6N7/c28-26(29,30)20-5-3-11-36-24(20)16-6-8-19-21(12-16)39-23(15-34-13-17-4-1-2-10-35-17)40-25(19)38-18-7-9-22(37-14-18)27(31,32)33/h1-12,14,34H,13,15H2,(H,38,39,40). The Balaban J connectivity index is 1.52. The Morgan fingerprint density at radius 2 is 1.55 bits per heavy atom.